The molecular formula is C15H12F3NO2. The second-order valence-corrected chi connectivity index (χ2v) is 4.43. The van der Waals surface area contributed by atoms with Crippen LogP contribution >= 0.6 is 0 Å². The van der Waals surface area contributed by atoms with Crippen molar-refractivity contribution >= 4 is 11.6 Å². The van der Waals surface area contributed by atoms with Gasteiger partial charge >= 0.3 is 6.18 Å². The molecule has 2 N–H and O–H groups in total. The van der Waals surface area contributed by atoms with Gasteiger partial charge in [-0.1, -0.05) is 18.2 Å². The van der Waals surface area contributed by atoms with Crippen LogP contribution in [0, 0.1) is 0 Å². The number of aromatic hydroxyl groups is 1. The highest BCUT2D eigenvalue weighted by atomic mass is 19.4. The summed E-state index contributed by atoms with van der Waals surface area (Å²) in [4.78, 5) is 11.8. The molecule has 1 amide bonds. The molecule has 2 rings (SSSR count). The van der Waals surface area contributed by atoms with Crippen LogP contribution in [0.4, 0.5) is 18.9 Å². The molecule has 2 aromatic rings. The molecule has 21 heavy (non-hydrogen) atoms. The first kappa shape index (κ1) is 14.9. The first-order chi connectivity index (χ1) is 9.86. The van der Waals surface area contributed by atoms with Crippen molar-refractivity contribution in [2.24, 2.45) is 0 Å². The van der Waals surface area contributed by atoms with Crippen molar-refractivity contribution in [1.29, 1.82) is 0 Å². The van der Waals surface area contributed by atoms with Crippen molar-refractivity contribution in [1.82, 2.24) is 0 Å². The molecule has 0 saturated carbocycles. The molecule has 3 nitrogen and oxygen atoms in total. The van der Waals surface area contributed by atoms with Crippen molar-refractivity contribution in [3.8, 4) is 5.75 Å². The van der Waals surface area contributed by atoms with E-state index in [4.69, 9.17) is 0 Å². The zero-order chi connectivity index (χ0) is 15.5. The third kappa shape index (κ3) is 3.98. The predicted octanol–water partition coefficient (Wildman–Crippen LogP) is 3.59. The number of carbonyl (C=O) groups is 1. The molecule has 0 atom stereocenters. The van der Waals surface area contributed by atoms with Gasteiger partial charge in [0.1, 0.15) is 5.75 Å². The predicted molar refractivity (Wildman–Crippen MR) is 71.9 cm³/mol. The quantitative estimate of drug-likeness (QED) is 0.909. The first-order valence-corrected chi connectivity index (χ1v) is 6.10. The minimum absolute atomic E-state index is 0.0000642. The highest BCUT2D eigenvalue weighted by Crippen LogP contribution is 2.29. The number of carbonyl (C=O) groups excluding carboxylic acids is 1. The van der Waals surface area contributed by atoms with Gasteiger partial charge in [0.2, 0.25) is 5.91 Å². The van der Waals surface area contributed by atoms with Crippen LogP contribution in [0.1, 0.15) is 11.1 Å². The van der Waals surface area contributed by atoms with Crippen LogP contribution in [0.15, 0.2) is 48.5 Å². The SMILES string of the molecule is O=C(Cc1ccccc1O)Nc1ccc(C(F)(F)F)cc1. The zero-order valence-corrected chi connectivity index (χ0v) is 10.8. The molecule has 110 valence electrons. The summed E-state index contributed by atoms with van der Waals surface area (Å²) in [5.41, 5.74) is -0.0634. The van der Waals surface area contributed by atoms with E-state index in [1.807, 2.05) is 0 Å². The Balaban J connectivity index is 2.02. The second-order valence-electron chi connectivity index (χ2n) is 4.43. The zero-order valence-electron chi connectivity index (χ0n) is 10.8. The fourth-order valence-electron chi connectivity index (χ4n) is 1.78. The summed E-state index contributed by atoms with van der Waals surface area (Å²) < 4.78 is 37.2. The molecule has 0 radical (unpaired) electrons. The van der Waals surface area contributed by atoms with Gasteiger partial charge in [-0.25, -0.2) is 0 Å². The Bertz CT molecular complexity index is 636. The number of phenolic OH excluding ortho intramolecular Hbond substituents is 1. The van der Waals surface area contributed by atoms with Crippen molar-refractivity contribution in [2.45, 2.75) is 12.6 Å². The van der Waals surface area contributed by atoms with E-state index >= 15 is 0 Å². The van der Waals surface area contributed by atoms with Gasteiger partial charge in [-0.05, 0) is 30.3 Å². The van der Waals surface area contributed by atoms with Crippen LogP contribution < -0.4 is 5.32 Å². The van der Waals surface area contributed by atoms with Gasteiger partial charge in [-0.15, -0.1) is 0 Å². The maximum Gasteiger partial charge on any atom is 0.416 e. The summed E-state index contributed by atoms with van der Waals surface area (Å²) in [5, 5.41) is 12.0. The van der Waals surface area contributed by atoms with Crippen LogP contribution in [-0.2, 0) is 17.4 Å². The van der Waals surface area contributed by atoms with Gasteiger partial charge in [-0.3, -0.25) is 4.79 Å². The number of benzene rings is 2. The van der Waals surface area contributed by atoms with E-state index in [1.54, 1.807) is 18.2 Å². The van der Waals surface area contributed by atoms with Crippen molar-refractivity contribution in [2.75, 3.05) is 5.32 Å². The number of nitrogens with one attached hydrogen (secondary N) is 1. The van der Waals surface area contributed by atoms with E-state index in [1.165, 1.54) is 18.2 Å². The lowest BCUT2D eigenvalue weighted by molar-refractivity contribution is -0.137. The summed E-state index contributed by atoms with van der Waals surface area (Å²) in [6, 6.07) is 10.5. The molecule has 0 aliphatic rings. The number of phenols is 1. The highest BCUT2D eigenvalue weighted by Gasteiger charge is 2.29. The summed E-state index contributed by atoms with van der Waals surface area (Å²) in [6.45, 7) is 0. The number of rotatable bonds is 3. The summed E-state index contributed by atoms with van der Waals surface area (Å²) in [5.74, 6) is -0.420. The van der Waals surface area contributed by atoms with E-state index in [0.717, 1.165) is 12.1 Å². The van der Waals surface area contributed by atoms with Gasteiger partial charge < -0.3 is 10.4 Å². The van der Waals surface area contributed by atoms with Crippen molar-refractivity contribution in [3.63, 3.8) is 0 Å². The Morgan fingerprint density at radius 3 is 2.24 bits per heavy atom. The molecule has 0 aromatic heterocycles. The topological polar surface area (TPSA) is 49.3 Å². The Labute approximate surface area is 119 Å². The number of alkyl halides is 3. The van der Waals surface area contributed by atoms with E-state index in [-0.39, 0.29) is 17.9 Å². The Kier molecular flexibility index (Phi) is 4.16. The monoisotopic (exact) mass is 295 g/mol. The largest absolute Gasteiger partial charge is 0.508 e. The Morgan fingerprint density at radius 2 is 1.67 bits per heavy atom. The molecule has 0 bridgehead atoms. The third-order valence-electron chi connectivity index (χ3n) is 2.84. The molecule has 2 aromatic carbocycles. The van der Waals surface area contributed by atoms with E-state index < -0.39 is 17.6 Å². The van der Waals surface area contributed by atoms with Crippen LogP contribution in [0.3, 0.4) is 0 Å². The van der Waals surface area contributed by atoms with E-state index in [2.05, 4.69) is 5.32 Å². The Morgan fingerprint density at radius 1 is 1.05 bits per heavy atom. The molecule has 0 aliphatic heterocycles. The van der Waals surface area contributed by atoms with Crippen LogP contribution in [0.2, 0.25) is 0 Å². The first-order valence-electron chi connectivity index (χ1n) is 6.10. The number of hydrogen-bond acceptors (Lipinski definition) is 2. The molecule has 0 heterocycles. The number of amides is 1. The van der Waals surface area contributed by atoms with Crippen LogP contribution in [0.5, 0.6) is 5.75 Å². The minimum Gasteiger partial charge on any atom is -0.508 e. The summed E-state index contributed by atoms with van der Waals surface area (Å²) in [6.07, 6.45) is -4.47. The van der Waals surface area contributed by atoms with Gasteiger partial charge in [0.05, 0.1) is 12.0 Å². The molecule has 0 saturated heterocycles. The lowest BCUT2D eigenvalue weighted by atomic mass is 10.1. The van der Waals surface area contributed by atoms with Crippen LogP contribution in [0.25, 0.3) is 0 Å². The molecule has 0 fully saturated rings. The highest BCUT2D eigenvalue weighted by molar-refractivity contribution is 5.92. The fourth-order valence-corrected chi connectivity index (χ4v) is 1.78. The van der Waals surface area contributed by atoms with Crippen LogP contribution in [-0.4, -0.2) is 11.0 Å². The van der Waals surface area contributed by atoms with Crippen molar-refractivity contribution < 1.29 is 23.1 Å². The third-order valence-corrected chi connectivity index (χ3v) is 2.84. The number of para-hydroxylation sites is 1. The maximum atomic E-state index is 12.4. The number of halogens is 3. The fraction of sp³-hybridized carbons (Fsp3) is 0.133. The lowest BCUT2D eigenvalue weighted by Gasteiger charge is -2.09. The van der Waals surface area contributed by atoms with Crippen molar-refractivity contribution in [3.05, 3.63) is 59.7 Å². The molecule has 0 spiro atoms. The van der Waals surface area contributed by atoms with Gasteiger partial charge in [-0.2, -0.15) is 13.2 Å². The Hall–Kier alpha value is -2.50. The molecule has 0 aliphatic carbocycles. The van der Waals surface area contributed by atoms with E-state index in [0.29, 0.717) is 5.56 Å². The standard InChI is InChI=1S/C15H12F3NO2/c16-15(17,18)11-5-7-12(8-6-11)19-14(21)9-10-3-1-2-4-13(10)20/h1-8,20H,9H2,(H,19,21). The average Bonchev–Trinajstić information content (AvgIpc) is 2.41. The number of anilines is 1. The molecule has 0 unspecified atom stereocenters. The van der Waals surface area contributed by atoms with Gasteiger partial charge in [0.15, 0.2) is 0 Å². The smallest absolute Gasteiger partial charge is 0.416 e. The average molecular weight is 295 g/mol. The molecule has 6 heteroatoms. The summed E-state index contributed by atoms with van der Waals surface area (Å²) >= 11 is 0. The second kappa shape index (κ2) is 5.87. The lowest BCUT2D eigenvalue weighted by Crippen LogP contribution is -2.14. The maximum absolute atomic E-state index is 12.4. The van der Waals surface area contributed by atoms with Gasteiger partial charge in [0.25, 0.3) is 0 Å². The minimum atomic E-state index is -4.40. The van der Waals surface area contributed by atoms with E-state index in [9.17, 15) is 23.1 Å². The number of hydrogen-bond donors (Lipinski definition) is 2. The summed E-state index contributed by atoms with van der Waals surface area (Å²) in [7, 11) is 0. The molecular weight excluding hydrogens is 283 g/mol. The van der Waals surface area contributed by atoms with Gasteiger partial charge in [0, 0.05) is 11.3 Å². The normalized spacial score (nSPS) is 11.2.